The second-order valence-electron chi connectivity index (χ2n) is 9.47. The van der Waals surface area contributed by atoms with Gasteiger partial charge in [0.2, 0.25) is 10.9 Å². The van der Waals surface area contributed by atoms with Crippen molar-refractivity contribution in [3.63, 3.8) is 0 Å². The lowest BCUT2D eigenvalue weighted by atomic mass is 9.93. The number of thiophene rings is 1. The van der Waals surface area contributed by atoms with Gasteiger partial charge in [-0.3, -0.25) is 19.4 Å². The van der Waals surface area contributed by atoms with Crippen molar-refractivity contribution in [3.05, 3.63) is 103 Å². The first-order chi connectivity index (χ1) is 19.0. The van der Waals surface area contributed by atoms with E-state index in [0.717, 1.165) is 27.7 Å². The van der Waals surface area contributed by atoms with Crippen LogP contribution in [0.4, 0.5) is 17.1 Å². The van der Waals surface area contributed by atoms with E-state index in [1.807, 2.05) is 59.7 Å². The number of nitrogens with one attached hydrogen (secondary N) is 2. The van der Waals surface area contributed by atoms with E-state index in [-0.39, 0.29) is 5.91 Å². The van der Waals surface area contributed by atoms with Crippen LogP contribution < -0.4 is 26.4 Å². The van der Waals surface area contributed by atoms with Crippen LogP contribution in [0.15, 0.2) is 75.8 Å². The number of carbonyl (C=O) groups is 1. The number of amides is 1. The van der Waals surface area contributed by atoms with Gasteiger partial charge in [0.25, 0.3) is 5.91 Å². The van der Waals surface area contributed by atoms with E-state index in [1.54, 1.807) is 18.3 Å². The molecule has 0 unspecified atom stereocenters. The maximum Gasteiger partial charge on any atom is 0.267 e. The van der Waals surface area contributed by atoms with E-state index in [2.05, 4.69) is 15.6 Å². The largest absolute Gasteiger partial charge is 0.380 e. The molecular formula is C30H26N4O4S. The fourth-order valence-corrected chi connectivity index (χ4v) is 5.76. The van der Waals surface area contributed by atoms with Gasteiger partial charge in [-0.2, -0.15) is 0 Å². The predicted octanol–water partition coefficient (Wildman–Crippen LogP) is 4.57. The Morgan fingerprint density at radius 3 is 2.72 bits per heavy atom. The van der Waals surface area contributed by atoms with E-state index >= 15 is 0 Å². The molecule has 0 saturated carbocycles. The van der Waals surface area contributed by atoms with E-state index in [4.69, 9.17) is 4.74 Å². The summed E-state index contributed by atoms with van der Waals surface area (Å²) in [6.45, 7) is 4.60. The van der Waals surface area contributed by atoms with Crippen molar-refractivity contribution in [2.24, 2.45) is 0 Å². The fraction of sp³-hybridized carbons (Fsp3) is 0.200. The molecule has 3 aromatic carbocycles. The van der Waals surface area contributed by atoms with Gasteiger partial charge in [0.05, 0.1) is 30.0 Å². The van der Waals surface area contributed by atoms with Crippen LogP contribution in [-0.2, 0) is 11.3 Å². The van der Waals surface area contributed by atoms with Gasteiger partial charge in [-0.15, -0.1) is 11.3 Å². The third-order valence-electron chi connectivity index (χ3n) is 7.06. The molecule has 0 spiro atoms. The van der Waals surface area contributed by atoms with Gasteiger partial charge < -0.3 is 20.3 Å². The van der Waals surface area contributed by atoms with Crippen molar-refractivity contribution in [3.8, 4) is 11.1 Å². The third-order valence-corrected chi connectivity index (χ3v) is 7.97. The number of rotatable bonds is 7. The van der Waals surface area contributed by atoms with Gasteiger partial charge in [-0.05, 0) is 59.3 Å². The maximum absolute atomic E-state index is 13.3. The standard InChI is InChI=1S/C30H26N4O4S/c1-18-6-7-20(16-22(18)25-26(28(36)27(25)35)34-11-13-38-14-12-34)33-30(37)29-24(9-15-39-29)32-17-19-8-10-31-23-5-3-2-4-21(19)23/h2-10,15-16,32H,11-14,17H2,1H3,(H,33,37). The quantitative estimate of drug-likeness (QED) is 0.293. The van der Waals surface area contributed by atoms with Crippen LogP contribution >= 0.6 is 11.3 Å². The Morgan fingerprint density at radius 1 is 1.05 bits per heavy atom. The Morgan fingerprint density at radius 2 is 1.87 bits per heavy atom. The van der Waals surface area contributed by atoms with Gasteiger partial charge in [-0.1, -0.05) is 24.3 Å². The summed E-state index contributed by atoms with van der Waals surface area (Å²) < 4.78 is 5.40. The average molecular weight is 539 g/mol. The first kappa shape index (κ1) is 25.0. The number of ether oxygens (including phenoxy) is 1. The van der Waals surface area contributed by atoms with Crippen LogP contribution in [0, 0.1) is 6.92 Å². The summed E-state index contributed by atoms with van der Waals surface area (Å²) in [7, 11) is 0. The van der Waals surface area contributed by atoms with Crippen molar-refractivity contribution in [1.82, 2.24) is 4.98 Å². The van der Waals surface area contributed by atoms with Gasteiger partial charge in [0.15, 0.2) is 0 Å². The van der Waals surface area contributed by atoms with E-state index in [1.165, 1.54) is 11.3 Å². The molecule has 0 radical (unpaired) electrons. The highest BCUT2D eigenvalue weighted by Crippen LogP contribution is 2.33. The van der Waals surface area contributed by atoms with Crippen LogP contribution in [0.1, 0.15) is 20.8 Å². The highest BCUT2D eigenvalue weighted by atomic mass is 32.1. The number of carbonyl (C=O) groups excluding carboxylic acids is 1. The van der Waals surface area contributed by atoms with Crippen LogP contribution in [0.5, 0.6) is 0 Å². The summed E-state index contributed by atoms with van der Waals surface area (Å²) in [6, 6.07) is 17.3. The third kappa shape index (κ3) is 4.71. The number of aromatic nitrogens is 1. The topological polar surface area (TPSA) is 101 Å². The highest BCUT2D eigenvalue weighted by molar-refractivity contribution is 7.12. The minimum atomic E-state index is -0.489. The van der Waals surface area contributed by atoms with Crippen LogP contribution in [0.2, 0.25) is 0 Å². The molecule has 1 amide bonds. The molecule has 2 aromatic heterocycles. The SMILES string of the molecule is Cc1ccc(NC(=O)c2sccc2NCc2ccnc3ccccc23)cc1-c1c(N2CCOCC2)c(=O)c1=O. The first-order valence-corrected chi connectivity index (χ1v) is 13.6. The number of hydrogen-bond acceptors (Lipinski definition) is 8. The second-order valence-corrected chi connectivity index (χ2v) is 10.4. The summed E-state index contributed by atoms with van der Waals surface area (Å²) >= 11 is 1.35. The Hall–Kier alpha value is -4.34. The maximum atomic E-state index is 13.3. The normalized spacial score (nSPS) is 13.6. The lowest BCUT2D eigenvalue weighted by molar-refractivity contribution is 0.103. The Balaban J connectivity index is 1.22. The predicted molar refractivity (Wildman–Crippen MR) is 156 cm³/mol. The summed E-state index contributed by atoms with van der Waals surface area (Å²) in [5, 5.41) is 9.31. The number of fused-ring (bicyclic) bond motifs is 1. The molecule has 6 rings (SSSR count). The molecule has 196 valence electrons. The molecule has 0 aliphatic carbocycles. The zero-order valence-electron chi connectivity index (χ0n) is 21.3. The number of benzene rings is 2. The van der Waals surface area contributed by atoms with Gasteiger partial charge in [-0.25, -0.2) is 0 Å². The number of hydrogen-bond donors (Lipinski definition) is 2. The summed E-state index contributed by atoms with van der Waals surface area (Å²) in [5.41, 5.74) is 4.74. The summed E-state index contributed by atoms with van der Waals surface area (Å²) in [4.78, 5) is 45.3. The number of anilines is 3. The lowest BCUT2D eigenvalue weighted by Gasteiger charge is -2.31. The van der Waals surface area contributed by atoms with Crippen LogP contribution in [0.3, 0.4) is 0 Å². The van der Waals surface area contributed by atoms with E-state index in [9.17, 15) is 14.4 Å². The molecule has 1 fully saturated rings. The van der Waals surface area contributed by atoms with Gasteiger partial charge >= 0.3 is 0 Å². The molecule has 9 heteroatoms. The molecule has 2 N–H and O–H groups in total. The zero-order chi connectivity index (χ0) is 26.9. The molecule has 39 heavy (non-hydrogen) atoms. The fourth-order valence-electron chi connectivity index (χ4n) is 5.00. The summed E-state index contributed by atoms with van der Waals surface area (Å²) in [6.07, 6.45) is 1.79. The Bertz CT molecular complexity index is 1760. The van der Waals surface area contributed by atoms with Crippen LogP contribution in [0.25, 0.3) is 22.0 Å². The van der Waals surface area contributed by atoms with Crippen molar-refractivity contribution in [2.45, 2.75) is 13.5 Å². The smallest absolute Gasteiger partial charge is 0.267 e. The highest BCUT2D eigenvalue weighted by Gasteiger charge is 2.29. The van der Waals surface area contributed by atoms with Crippen molar-refractivity contribution in [1.29, 1.82) is 0 Å². The van der Waals surface area contributed by atoms with Crippen molar-refractivity contribution < 1.29 is 9.53 Å². The molecule has 1 aliphatic rings. The van der Waals surface area contributed by atoms with E-state index in [0.29, 0.717) is 60.2 Å². The van der Waals surface area contributed by atoms with Crippen LogP contribution in [-0.4, -0.2) is 37.2 Å². The molecule has 5 aromatic rings. The number of morpholine rings is 1. The molecule has 0 bridgehead atoms. The first-order valence-electron chi connectivity index (χ1n) is 12.7. The molecule has 1 aliphatic heterocycles. The van der Waals surface area contributed by atoms with E-state index < -0.39 is 10.9 Å². The van der Waals surface area contributed by atoms with Crippen molar-refractivity contribution >= 4 is 45.2 Å². The molecule has 3 heterocycles. The number of nitrogens with zero attached hydrogens (tertiary/aromatic N) is 2. The molecular weight excluding hydrogens is 512 g/mol. The summed E-state index contributed by atoms with van der Waals surface area (Å²) in [5.74, 6) is -0.250. The minimum Gasteiger partial charge on any atom is -0.380 e. The Kier molecular flexibility index (Phi) is 6.68. The number of para-hydroxylation sites is 1. The molecule has 8 nitrogen and oxygen atoms in total. The minimum absolute atomic E-state index is 0.250. The van der Waals surface area contributed by atoms with Gasteiger partial charge in [0.1, 0.15) is 10.6 Å². The van der Waals surface area contributed by atoms with Gasteiger partial charge in [0, 0.05) is 36.9 Å². The molecule has 1 saturated heterocycles. The van der Waals surface area contributed by atoms with Crippen molar-refractivity contribution in [2.75, 3.05) is 41.8 Å². The average Bonchev–Trinajstić information content (AvgIpc) is 3.45. The monoisotopic (exact) mass is 538 g/mol. The number of aryl methyl sites for hydroxylation is 1. The Labute approximate surface area is 228 Å². The second kappa shape index (κ2) is 10.4. The lowest BCUT2D eigenvalue weighted by Crippen LogP contribution is -2.46. The number of pyridine rings is 1. The molecule has 0 atom stereocenters. The zero-order valence-corrected chi connectivity index (χ0v) is 22.1.